The molecule has 0 radical (unpaired) electrons. The summed E-state index contributed by atoms with van der Waals surface area (Å²) in [6.45, 7) is 5.44. The maximum atomic E-state index is 14.8. The zero-order valence-electron chi connectivity index (χ0n) is 25.2. The second kappa shape index (κ2) is 17.9. The van der Waals surface area contributed by atoms with Crippen molar-refractivity contribution in [2.45, 2.75) is 52.5 Å². The zero-order valence-corrected chi connectivity index (χ0v) is 26.0. The van der Waals surface area contributed by atoms with Crippen LogP contribution in [0, 0.1) is 5.82 Å². The maximum Gasteiger partial charge on any atom is 0.416 e. The van der Waals surface area contributed by atoms with E-state index in [1.165, 1.54) is 49.1 Å². The lowest BCUT2D eigenvalue weighted by molar-refractivity contribution is -0.137. The highest BCUT2D eigenvalue weighted by atomic mass is 32.1. The van der Waals surface area contributed by atoms with Crippen LogP contribution in [0.2, 0.25) is 0 Å². The fourth-order valence-electron chi connectivity index (χ4n) is 3.95. The quantitative estimate of drug-likeness (QED) is 0.0395. The minimum Gasteiger partial charge on any atom is -0.488 e. The van der Waals surface area contributed by atoms with Crippen LogP contribution in [0.3, 0.4) is 0 Å². The summed E-state index contributed by atoms with van der Waals surface area (Å²) in [7, 11) is 1.41. The van der Waals surface area contributed by atoms with Crippen LogP contribution < -0.4 is 10.2 Å². The Morgan fingerprint density at radius 1 is 1.02 bits per heavy atom. The second-order valence-electron chi connectivity index (χ2n) is 9.63. The molecule has 0 fully saturated rings. The highest BCUT2D eigenvalue weighted by molar-refractivity contribution is 7.15. The summed E-state index contributed by atoms with van der Waals surface area (Å²) in [5, 5.41) is 0.550. The molecule has 3 aromatic carbocycles. The summed E-state index contributed by atoms with van der Waals surface area (Å²) in [4.78, 5) is 24.2. The van der Waals surface area contributed by atoms with Gasteiger partial charge in [-0.1, -0.05) is 62.7 Å². The van der Waals surface area contributed by atoms with Crippen LogP contribution in [0.5, 0.6) is 5.75 Å². The van der Waals surface area contributed by atoms with Gasteiger partial charge in [-0.15, -0.1) is 11.3 Å². The molecule has 4 aromatic rings. The summed E-state index contributed by atoms with van der Waals surface area (Å²) in [6.07, 6.45) is -1.97. The fraction of sp³-hybridized carbons (Fsp3) is 0.303. The van der Waals surface area contributed by atoms with Gasteiger partial charge in [0, 0.05) is 25.3 Å². The van der Waals surface area contributed by atoms with Gasteiger partial charge in [0.1, 0.15) is 23.2 Å². The molecule has 240 valence electrons. The molecule has 0 saturated heterocycles. The van der Waals surface area contributed by atoms with Crippen molar-refractivity contribution in [2.75, 3.05) is 13.7 Å². The van der Waals surface area contributed by atoms with Gasteiger partial charge < -0.3 is 14.3 Å². The van der Waals surface area contributed by atoms with E-state index in [2.05, 4.69) is 29.2 Å². The Morgan fingerprint density at radius 3 is 2.36 bits per heavy atom. The van der Waals surface area contributed by atoms with E-state index in [0.717, 1.165) is 28.3 Å². The Hall–Kier alpha value is -4.29. The van der Waals surface area contributed by atoms with Gasteiger partial charge in [-0.25, -0.2) is 14.9 Å². The SMILES string of the molecule is CCC.CN=C(NOC=O)c1ccc(OCc2sc(-c3ccc(C(F)(F)F)cc3)nc2CCCOCc2ccccc2)cc1F. The first kappa shape index (κ1) is 35.2. The van der Waals surface area contributed by atoms with Gasteiger partial charge >= 0.3 is 12.6 Å². The number of alkyl halides is 3. The number of carbonyl (C=O) groups is 1. The molecule has 0 amide bonds. The monoisotopic (exact) mass is 645 g/mol. The average Bonchev–Trinajstić information content (AvgIpc) is 3.44. The lowest BCUT2D eigenvalue weighted by atomic mass is 10.1. The van der Waals surface area contributed by atoms with Crippen molar-refractivity contribution in [1.29, 1.82) is 0 Å². The number of ether oxygens (including phenoxy) is 2. The van der Waals surface area contributed by atoms with E-state index in [1.807, 2.05) is 30.3 Å². The number of aliphatic imine (C=N–C) groups is 1. The van der Waals surface area contributed by atoms with Gasteiger partial charge in [0.25, 0.3) is 0 Å². The second-order valence-corrected chi connectivity index (χ2v) is 10.7. The van der Waals surface area contributed by atoms with Crippen molar-refractivity contribution >= 4 is 23.6 Å². The van der Waals surface area contributed by atoms with Crippen LogP contribution in [0.1, 0.15) is 54.0 Å². The van der Waals surface area contributed by atoms with Gasteiger partial charge in [-0.05, 0) is 42.7 Å². The largest absolute Gasteiger partial charge is 0.488 e. The van der Waals surface area contributed by atoms with Crippen molar-refractivity contribution in [3.8, 4) is 16.3 Å². The van der Waals surface area contributed by atoms with E-state index in [4.69, 9.17) is 14.5 Å². The van der Waals surface area contributed by atoms with Crippen LogP contribution in [0.15, 0.2) is 77.8 Å². The van der Waals surface area contributed by atoms with Gasteiger partial charge in [-0.2, -0.15) is 13.2 Å². The molecular formula is C33H35F4N3O4S. The number of hydroxylamine groups is 1. The van der Waals surface area contributed by atoms with E-state index in [1.54, 1.807) is 6.07 Å². The third kappa shape index (κ3) is 11.0. The molecule has 7 nitrogen and oxygen atoms in total. The molecule has 12 heteroatoms. The Morgan fingerprint density at radius 2 is 1.73 bits per heavy atom. The van der Waals surface area contributed by atoms with Crippen molar-refractivity contribution in [3.05, 3.63) is 106 Å². The number of thiazole rings is 1. The number of hydrogen-bond donors (Lipinski definition) is 1. The third-order valence-electron chi connectivity index (χ3n) is 6.04. The molecule has 0 aliphatic carbocycles. The predicted octanol–water partition coefficient (Wildman–Crippen LogP) is 8.17. The van der Waals surface area contributed by atoms with E-state index in [-0.39, 0.29) is 30.2 Å². The van der Waals surface area contributed by atoms with Crippen LogP contribution in [0.25, 0.3) is 10.6 Å². The van der Waals surface area contributed by atoms with E-state index < -0.39 is 17.6 Å². The molecule has 0 unspecified atom stereocenters. The molecule has 1 aromatic heterocycles. The lowest BCUT2D eigenvalue weighted by Crippen LogP contribution is -2.25. The fourth-order valence-corrected chi connectivity index (χ4v) is 4.98. The molecule has 0 aliphatic heterocycles. The van der Waals surface area contributed by atoms with Gasteiger partial charge in [0.15, 0.2) is 5.84 Å². The summed E-state index contributed by atoms with van der Waals surface area (Å²) in [5.74, 6) is -0.392. The lowest BCUT2D eigenvalue weighted by Gasteiger charge is -2.10. The first-order valence-corrected chi connectivity index (χ1v) is 15.0. The summed E-state index contributed by atoms with van der Waals surface area (Å²) in [6, 6.07) is 18.8. The molecular weight excluding hydrogens is 610 g/mol. The Bertz CT molecular complexity index is 1510. The number of hydrogen-bond acceptors (Lipinski definition) is 7. The summed E-state index contributed by atoms with van der Waals surface area (Å²) >= 11 is 1.30. The first-order chi connectivity index (χ1) is 21.7. The van der Waals surface area contributed by atoms with Gasteiger partial charge in [-0.3, -0.25) is 9.79 Å². The normalized spacial score (nSPS) is 11.4. The Kier molecular flexibility index (Phi) is 14.0. The molecule has 0 bridgehead atoms. The van der Waals surface area contributed by atoms with Crippen molar-refractivity contribution < 1.29 is 36.7 Å². The number of benzene rings is 3. The van der Waals surface area contributed by atoms with Gasteiger partial charge in [0.2, 0.25) is 0 Å². The molecule has 0 saturated carbocycles. The van der Waals surface area contributed by atoms with E-state index in [0.29, 0.717) is 36.6 Å². The number of amidine groups is 1. The van der Waals surface area contributed by atoms with E-state index in [9.17, 15) is 22.4 Å². The number of aryl methyl sites for hydroxylation is 1. The predicted molar refractivity (Wildman–Crippen MR) is 166 cm³/mol. The third-order valence-corrected chi connectivity index (χ3v) is 7.16. The maximum absolute atomic E-state index is 14.8. The van der Waals surface area contributed by atoms with Crippen molar-refractivity contribution in [3.63, 3.8) is 0 Å². The molecule has 0 aliphatic rings. The van der Waals surface area contributed by atoms with Crippen LogP contribution in [-0.2, 0) is 40.2 Å². The molecule has 1 heterocycles. The summed E-state index contributed by atoms with van der Waals surface area (Å²) in [5.41, 5.74) is 3.92. The number of carbonyl (C=O) groups excluding carboxylic acids is 1. The highest BCUT2D eigenvalue weighted by Gasteiger charge is 2.30. The van der Waals surface area contributed by atoms with Crippen molar-refractivity contribution in [1.82, 2.24) is 10.5 Å². The Balaban J connectivity index is 0.00000177. The smallest absolute Gasteiger partial charge is 0.416 e. The number of nitrogens with one attached hydrogen (secondary N) is 1. The molecule has 0 spiro atoms. The Labute approximate surface area is 263 Å². The molecule has 0 atom stereocenters. The molecule has 1 N–H and O–H groups in total. The van der Waals surface area contributed by atoms with Crippen molar-refractivity contribution in [2.24, 2.45) is 4.99 Å². The minimum atomic E-state index is -4.43. The topological polar surface area (TPSA) is 82.0 Å². The highest BCUT2D eigenvalue weighted by Crippen LogP contribution is 2.34. The van der Waals surface area contributed by atoms with Crippen LogP contribution >= 0.6 is 11.3 Å². The number of nitrogens with zero attached hydrogens (tertiary/aromatic N) is 2. The van der Waals surface area contributed by atoms with E-state index >= 15 is 0 Å². The number of rotatable bonds is 13. The zero-order chi connectivity index (χ0) is 32.7. The number of aromatic nitrogens is 1. The average molecular weight is 646 g/mol. The first-order valence-electron chi connectivity index (χ1n) is 14.2. The van der Waals surface area contributed by atoms with Gasteiger partial charge in [0.05, 0.1) is 28.3 Å². The van der Waals surface area contributed by atoms with Crippen LogP contribution in [0.4, 0.5) is 17.6 Å². The standard InChI is InChI=1S/C30H27F4N3O4S.C3H8/c1-35-28(37-41-19-38)24-14-13-23(16-25(24)31)40-18-27-26(8-5-15-39-17-20-6-3-2-4-7-20)36-29(42-27)21-9-11-22(12-10-21)30(32,33)34;1-3-2/h2-4,6-7,9-14,16,19H,5,8,15,17-18H2,1H3,(H,35,37);3H2,1-2H3. The van der Waals surface area contributed by atoms with Crippen LogP contribution in [-0.4, -0.2) is 30.9 Å². The summed E-state index contributed by atoms with van der Waals surface area (Å²) < 4.78 is 65.5. The molecule has 45 heavy (non-hydrogen) atoms. The number of halogens is 4. The minimum absolute atomic E-state index is 0.0200. The molecule has 4 rings (SSSR count).